The van der Waals surface area contributed by atoms with Crippen molar-refractivity contribution in [3.05, 3.63) is 0 Å². The Hall–Kier alpha value is -0.410. The van der Waals surface area contributed by atoms with Crippen molar-refractivity contribution in [3.8, 4) is 0 Å². The fourth-order valence-corrected chi connectivity index (χ4v) is 4.02. The maximum Gasteiger partial charge on any atom is 0.174 e. The van der Waals surface area contributed by atoms with Crippen molar-refractivity contribution in [1.82, 2.24) is 0 Å². The van der Waals surface area contributed by atoms with Gasteiger partial charge in [-0.05, 0) is 25.7 Å². The number of fused-ring (bicyclic) bond motifs is 2. The van der Waals surface area contributed by atoms with Gasteiger partial charge < -0.3 is 9.47 Å². The van der Waals surface area contributed by atoms with Crippen LogP contribution in [0.1, 0.15) is 45.4 Å². The van der Waals surface area contributed by atoms with E-state index < -0.39 is 5.79 Å². The summed E-state index contributed by atoms with van der Waals surface area (Å²) in [6.45, 7) is 3.59. The molecule has 2 aliphatic carbocycles. The largest absolute Gasteiger partial charge is 0.347 e. The Morgan fingerprint density at radius 3 is 2.69 bits per heavy atom. The molecule has 0 amide bonds. The molecule has 1 spiro atoms. The summed E-state index contributed by atoms with van der Waals surface area (Å²) in [6, 6.07) is 0. The average molecular weight is 224 g/mol. The van der Waals surface area contributed by atoms with E-state index in [1.165, 1.54) is 0 Å². The van der Waals surface area contributed by atoms with E-state index in [0.29, 0.717) is 19.0 Å². The first kappa shape index (κ1) is 10.7. The normalized spacial score (nSPS) is 42.3. The van der Waals surface area contributed by atoms with Gasteiger partial charge >= 0.3 is 0 Å². The molecule has 1 aliphatic heterocycles. The van der Waals surface area contributed by atoms with Gasteiger partial charge in [0.25, 0.3) is 0 Å². The summed E-state index contributed by atoms with van der Waals surface area (Å²) in [5, 5.41) is 0. The highest BCUT2D eigenvalue weighted by molar-refractivity contribution is 5.83. The van der Waals surface area contributed by atoms with E-state index in [9.17, 15) is 4.79 Å². The van der Waals surface area contributed by atoms with Crippen LogP contribution in [0.4, 0.5) is 0 Å². The number of ether oxygens (including phenoxy) is 2. The molecule has 90 valence electrons. The Morgan fingerprint density at radius 2 is 1.94 bits per heavy atom. The van der Waals surface area contributed by atoms with Crippen LogP contribution in [-0.4, -0.2) is 24.8 Å². The molecule has 0 aromatic heterocycles. The maximum atomic E-state index is 12.1. The second-order valence-electron chi connectivity index (χ2n) is 5.63. The zero-order valence-electron chi connectivity index (χ0n) is 9.96. The maximum absolute atomic E-state index is 12.1. The van der Waals surface area contributed by atoms with E-state index in [1.807, 2.05) is 0 Å². The van der Waals surface area contributed by atoms with Crippen molar-refractivity contribution in [2.24, 2.45) is 11.3 Å². The number of carbonyl (C=O) groups excluding carboxylic acids is 1. The van der Waals surface area contributed by atoms with Crippen LogP contribution in [0.25, 0.3) is 0 Å². The summed E-state index contributed by atoms with van der Waals surface area (Å²) in [7, 11) is 0. The number of ketones is 1. The molecule has 3 fully saturated rings. The molecular formula is C13H20O3. The predicted molar refractivity (Wildman–Crippen MR) is 58.9 cm³/mol. The third-order valence-corrected chi connectivity index (χ3v) is 4.90. The molecule has 0 N–H and O–H groups in total. The van der Waals surface area contributed by atoms with E-state index in [0.717, 1.165) is 38.5 Å². The van der Waals surface area contributed by atoms with Crippen molar-refractivity contribution in [1.29, 1.82) is 0 Å². The minimum Gasteiger partial charge on any atom is -0.347 e. The zero-order valence-corrected chi connectivity index (χ0v) is 9.96. The van der Waals surface area contributed by atoms with Gasteiger partial charge in [0.1, 0.15) is 5.78 Å². The summed E-state index contributed by atoms with van der Waals surface area (Å²) in [5.74, 6) is 0.173. The van der Waals surface area contributed by atoms with Gasteiger partial charge in [0, 0.05) is 24.2 Å². The van der Waals surface area contributed by atoms with Crippen LogP contribution in [0.15, 0.2) is 0 Å². The molecule has 0 radical (unpaired) electrons. The Labute approximate surface area is 96.5 Å². The van der Waals surface area contributed by atoms with Crippen LogP contribution in [0.3, 0.4) is 0 Å². The van der Waals surface area contributed by atoms with Crippen LogP contribution in [0.5, 0.6) is 0 Å². The summed E-state index contributed by atoms with van der Waals surface area (Å²) in [5.41, 5.74) is -0.0723. The molecule has 3 rings (SSSR count). The zero-order chi connectivity index (χ0) is 11.2. The second-order valence-corrected chi connectivity index (χ2v) is 5.63. The lowest BCUT2D eigenvalue weighted by atomic mass is 9.57. The van der Waals surface area contributed by atoms with Gasteiger partial charge in [-0.15, -0.1) is 0 Å². The molecule has 16 heavy (non-hydrogen) atoms. The third-order valence-electron chi connectivity index (χ3n) is 4.90. The molecule has 0 unspecified atom stereocenters. The molecule has 0 aromatic rings. The van der Waals surface area contributed by atoms with Crippen molar-refractivity contribution < 1.29 is 14.3 Å². The molecule has 2 atom stereocenters. The Kier molecular flexibility index (Phi) is 2.37. The highest BCUT2D eigenvalue weighted by Gasteiger charge is 2.60. The van der Waals surface area contributed by atoms with Gasteiger partial charge in [-0.2, -0.15) is 0 Å². The molecule has 3 heteroatoms. The van der Waals surface area contributed by atoms with E-state index in [-0.39, 0.29) is 11.3 Å². The quantitative estimate of drug-likeness (QED) is 0.633. The van der Waals surface area contributed by atoms with Crippen molar-refractivity contribution in [2.75, 3.05) is 13.2 Å². The highest BCUT2D eigenvalue weighted by atomic mass is 16.7. The average Bonchev–Trinajstić information content (AvgIpc) is 2.72. The van der Waals surface area contributed by atoms with Crippen LogP contribution in [0.2, 0.25) is 0 Å². The Morgan fingerprint density at radius 1 is 1.19 bits per heavy atom. The van der Waals surface area contributed by atoms with Crippen LogP contribution in [-0.2, 0) is 14.3 Å². The molecule has 0 aromatic carbocycles. The van der Waals surface area contributed by atoms with Crippen LogP contribution in [0, 0.1) is 11.3 Å². The number of hydrogen-bond donors (Lipinski definition) is 0. The molecular weight excluding hydrogens is 204 g/mol. The van der Waals surface area contributed by atoms with Crippen LogP contribution >= 0.6 is 0 Å². The van der Waals surface area contributed by atoms with E-state index in [2.05, 4.69) is 6.92 Å². The molecule has 1 heterocycles. The van der Waals surface area contributed by atoms with Gasteiger partial charge in [0.2, 0.25) is 0 Å². The molecule has 0 bridgehead atoms. The lowest BCUT2D eigenvalue weighted by Gasteiger charge is -2.53. The van der Waals surface area contributed by atoms with Gasteiger partial charge in [-0.3, -0.25) is 4.79 Å². The van der Waals surface area contributed by atoms with E-state index in [1.54, 1.807) is 0 Å². The highest BCUT2D eigenvalue weighted by Crippen LogP contribution is 2.57. The number of carbonyl (C=O) groups is 1. The predicted octanol–water partition coefficient (Wildman–Crippen LogP) is 2.29. The van der Waals surface area contributed by atoms with Gasteiger partial charge in [0.05, 0.1) is 13.2 Å². The number of Topliss-reactive ketones (excluding diaryl/α,β-unsaturated/α-hetero) is 1. The summed E-state index contributed by atoms with van der Waals surface area (Å²) < 4.78 is 11.9. The first-order valence-electron chi connectivity index (χ1n) is 6.49. The fraction of sp³-hybridized carbons (Fsp3) is 0.923. The van der Waals surface area contributed by atoms with Crippen molar-refractivity contribution in [2.45, 2.75) is 51.2 Å². The summed E-state index contributed by atoms with van der Waals surface area (Å²) in [6.07, 6.45) is 5.89. The van der Waals surface area contributed by atoms with Gasteiger partial charge in [0.15, 0.2) is 5.79 Å². The second kappa shape index (κ2) is 3.54. The number of hydrogen-bond acceptors (Lipinski definition) is 3. The first-order valence-corrected chi connectivity index (χ1v) is 6.49. The Bertz CT molecular complexity index is 306. The topological polar surface area (TPSA) is 35.5 Å². The molecule has 3 nitrogen and oxygen atoms in total. The lowest BCUT2D eigenvalue weighted by molar-refractivity contribution is -0.270. The fourth-order valence-electron chi connectivity index (χ4n) is 4.02. The number of rotatable bonds is 0. The van der Waals surface area contributed by atoms with Gasteiger partial charge in [-0.25, -0.2) is 0 Å². The van der Waals surface area contributed by atoms with Gasteiger partial charge in [-0.1, -0.05) is 6.92 Å². The summed E-state index contributed by atoms with van der Waals surface area (Å²) in [4.78, 5) is 12.1. The van der Waals surface area contributed by atoms with E-state index in [4.69, 9.17) is 9.47 Å². The minimum absolute atomic E-state index is 0.0723. The monoisotopic (exact) mass is 224 g/mol. The summed E-state index contributed by atoms with van der Waals surface area (Å²) >= 11 is 0. The molecule has 1 saturated heterocycles. The molecule has 3 aliphatic rings. The molecule has 2 saturated carbocycles. The SMILES string of the molecule is C[C@]12CCCC(=O)[C@H]1CCCC21OCCO1. The smallest absolute Gasteiger partial charge is 0.174 e. The lowest BCUT2D eigenvalue weighted by Crippen LogP contribution is -2.57. The third kappa shape index (κ3) is 1.25. The first-order chi connectivity index (χ1) is 7.68. The van der Waals surface area contributed by atoms with Crippen molar-refractivity contribution in [3.63, 3.8) is 0 Å². The standard InChI is InChI=1S/C13H20O3/c1-12-6-3-5-11(14)10(12)4-2-7-13(12)15-8-9-16-13/h10H,2-9H2,1H3/t10-,12+/m1/s1. The van der Waals surface area contributed by atoms with E-state index >= 15 is 0 Å². The van der Waals surface area contributed by atoms with Crippen molar-refractivity contribution >= 4 is 5.78 Å². The van der Waals surface area contributed by atoms with Crippen LogP contribution < -0.4 is 0 Å². The minimum atomic E-state index is -0.438. The Balaban J connectivity index is 1.98.